The number of amides is 2. The van der Waals surface area contributed by atoms with E-state index in [0.717, 1.165) is 0 Å². The van der Waals surface area contributed by atoms with Crippen molar-refractivity contribution >= 4 is 11.8 Å². The molecule has 0 radical (unpaired) electrons. The van der Waals surface area contributed by atoms with Crippen LogP contribution in [0.3, 0.4) is 0 Å². The topological polar surface area (TPSA) is 48.2 Å². The zero-order valence-corrected chi connectivity index (χ0v) is 13.5. The van der Waals surface area contributed by atoms with Crippen LogP contribution in [0.25, 0.3) is 5.32 Å². The standard InChI is InChI=1S/C7H11NO2.Cs/c1-7(2)3-5(9)8-6(10)4-7;/h3-4H2,1-2H3,(H,8,9,10);/q;+1/p-1. The van der Waals surface area contributed by atoms with Gasteiger partial charge in [-0.15, -0.1) is 0 Å². The molecule has 0 aromatic heterocycles. The molecule has 0 spiro atoms. The first-order valence-corrected chi connectivity index (χ1v) is 3.27. The molecule has 1 saturated heterocycles. The minimum absolute atomic E-state index is 0. The largest absolute Gasteiger partial charge is 1.00 e. The molecular formula is C7H10CsNO2. The first kappa shape index (κ1) is 12.2. The van der Waals surface area contributed by atoms with Gasteiger partial charge in [0.2, 0.25) is 0 Å². The molecular weight excluding hydrogens is 263 g/mol. The number of rotatable bonds is 0. The van der Waals surface area contributed by atoms with E-state index in [-0.39, 0.29) is 86.1 Å². The van der Waals surface area contributed by atoms with Gasteiger partial charge in [0.05, 0.1) is 11.8 Å². The third kappa shape index (κ3) is 4.10. The number of carbonyl (C=O) groups is 2. The summed E-state index contributed by atoms with van der Waals surface area (Å²) in [4.78, 5) is 21.4. The Morgan fingerprint density at radius 2 is 1.55 bits per heavy atom. The van der Waals surface area contributed by atoms with Gasteiger partial charge in [-0.25, -0.2) is 0 Å². The van der Waals surface area contributed by atoms with Crippen molar-refractivity contribution < 1.29 is 78.5 Å². The molecule has 1 fully saturated rings. The summed E-state index contributed by atoms with van der Waals surface area (Å²) in [7, 11) is 0. The molecule has 4 heteroatoms. The van der Waals surface area contributed by atoms with Gasteiger partial charge in [0.1, 0.15) is 0 Å². The van der Waals surface area contributed by atoms with Gasteiger partial charge in [-0.2, -0.15) is 0 Å². The second-order valence-electron chi connectivity index (χ2n) is 3.42. The van der Waals surface area contributed by atoms with Gasteiger partial charge in [-0.3, -0.25) is 0 Å². The summed E-state index contributed by atoms with van der Waals surface area (Å²) in [6, 6.07) is 0. The van der Waals surface area contributed by atoms with Gasteiger partial charge in [0.15, 0.2) is 0 Å². The average molecular weight is 273 g/mol. The fourth-order valence-corrected chi connectivity index (χ4v) is 1.10. The van der Waals surface area contributed by atoms with E-state index in [1.54, 1.807) is 0 Å². The molecule has 0 atom stereocenters. The number of imide groups is 1. The Bertz CT molecular complexity index is 171. The van der Waals surface area contributed by atoms with Crippen LogP contribution in [0.1, 0.15) is 26.7 Å². The molecule has 3 nitrogen and oxygen atoms in total. The molecule has 0 aromatic rings. The Morgan fingerprint density at radius 3 is 1.82 bits per heavy atom. The number of piperidine rings is 1. The van der Waals surface area contributed by atoms with Crippen LogP contribution >= 0.6 is 0 Å². The SMILES string of the molecule is CC1(C)CC(=O)[N-]C(=O)C1.[Cs+]. The first-order valence-electron chi connectivity index (χ1n) is 3.27. The third-order valence-corrected chi connectivity index (χ3v) is 1.51. The average Bonchev–Trinajstić information content (AvgIpc) is 1.54. The minimum Gasteiger partial charge on any atom is -0.596 e. The van der Waals surface area contributed by atoms with Crippen molar-refractivity contribution in [3.05, 3.63) is 5.32 Å². The van der Waals surface area contributed by atoms with Crippen LogP contribution in [0.2, 0.25) is 0 Å². The zero-order valence-electron chi connectivity index (χ0n) is 7.18. The first-order chi connectivity index (χ1) is 4.49. The molecule has 1 rings (SSSR count). The van der Waals surface area contributed by atoms with Crippen LogP contribution in [0.4, 0.5) is 0 Å². The maximum absolute atomic E-state index is 10.7. The molecule has 0 saturated carbocycles. The van der Waals surface area contributed by atoms with Gasteiger partial charge < -0.3 is 14.9 Å². The van der Waals surface area contributed by atoms with E-state index in [0.29, 0.717) is 12.8 Å². The molecule has 0 aromatic carbocycles. The molecule has 11 heavy (non-hydrogen) atoms. The van der Waals surface area contributed by atoms with E-state index in [2.05, 4.69) is 5.32 Å². The van der Waals surface area contributed by atoms with Gasteiger partial charge >= 0.3 is 68.9 Å². The summed E-state index contributed by atoms with van der Waals surface area (Å²) >= 11 is 0. The van der Waals surface area contributed by atoms with Crippen LogP contribution in [0.15, 0.2) is 0 Å². The quantitative estimate of drug-likeness (QED) is 0.491. The van der Waals surface area contributed by atoms with E-state index < -0.39 is 0 Å². The van der Waals surface area contributed by atoms with E-state index in [1.165, 1.54) is 0 Å². The summed E-state index contributed by atoms with van der Waals surface area (Å²) in [6.45, 7) is 3.80. The fourth-order valence-electron chi connectivity index (χ4n) is 1.10. The Balaban J connectivity index is 0.000001000. The Labute approximate surface area is 125 Å². The van der Waals surface area contributed by atoms with Crippen molar-refractivity contribution in [3.63, 3.8) is 0 Å². The minimum atomic E-state index is -0.277. The molecule has 1 aliphatic heterocycles. The predicted octanol–water partition coefficient (Wildman–Crippen LogP) is -1.76. The second kappa shape index (κ2) is 4.43. The van der Waals surface area contributed by atoms with Gasteiger partial charge in [0.25, 0.3) is 0 Å². The summed E-state index contributed by atoms with van der Waals surface area (Å²) < 4.78 is 0. The monoisotopic (exact) mass is 273 g/mol. The van der Waals surface area contributed by atoms with Crippen molar-refractivity contribution in [3.8, 4) is 0 Å². The molecule has 0 aliphatic carbocycles. The van der Waals surface area contributed by atoms with Crippen LogP contribution in [-0.2, 0) is 9.59 Å². The molecule has 56 valence electrons. The zero-order chi connectivity index (χ0) is 7.78. The summed E-state index contributed by atoms with van der Waals surface area (Å²) in [6.07, 6.45) is 0.803. The van der Waals surface area contributed by atoms with Crippen molar-refractivity contribution in [2.75, 3.05) is 0 Å². The van der Waals surface area contributed by atoms with Gasteiger partial charge in [0, 0.05) is 0 Å². The number of hydrogen-bond acceptors (Lipinski definition) is 2. The molecule has 1 aliphatic rings. The maximum Gasteiger partial charge on any atom is 1.00 e. The predicted molar refractivity (Wildman–Crippen MR) is 36.4 cm³/mol. The van der Waals surface area contributed by atoms with E-state index >= 15 is 0 Å². The molecule has 0 N–H and O–H groups in total. The Morgan fingerprint density at radius 1 is 1.18 bits per heavy atom. The summed E-state index contributed by atoms with van der Waals surface area (Å²) in [5, 5.41) is 3.30. The fraction of sp³-hybridized carbons (Fsp3) is 0.714. The van der Waals surface area contributed by atoms with Gasteiger partial charge in [-0.1, -0.05) is 13.8 Å². The van der Waals surface area contributed by atoms with Crippen molar-refractivity contribution in [1.82, 2.24) is 0 Å². The Hall–Kier alpha value is 1.19. The molecule has 1 heterocycles. The molecule has 0 unspecified atom stereocenters. The Kier molecular flexibility index (Phi) is 4.91. The summed E-state index contributed by atoms with van der Waals surface area (Å²) in [5.74, 6) is -0.553. The van der Waals surface area contributed by atoms with Gasteiger partial charge in [-0.05, 0) is 18.3 Å². The van der Waals surface area contributed by atoms with Crippen LogP contribution in [0.5, 0.6) is 0 Å². The second-order valence-corrected chi connectivity index (χ2v) is 3.42. The molecule has 0 bridgehead atoms. The third-order valence-electron chi connectivity index (χ3n) is 1.51. The summed E-state index contributed by atoms with van der Waals surface area (Å²) in [5.41, 5.74) is -0.171. The van der Waals surface area contributed by atoms with Crippen molar-refractivity contribution in [2.45, 2.75) is 26.7 Å². The van der Waals surface area contributed by atoms with E-state index in [4.69, 9.17) is 0 Å². The maximum atomic E-state index is 10.7. The van der Waals surface area contributed by atoms with E-state index in [9.17, 15) is 9.59 Å². The van der Waals surface area contributed by atoms with Crippen LogP contribution < -0.4 is 68.9 Å². The normalized spacial score (nSPS) is 22.0. The van der Waals surface area contributed by atoms with Crippen LogP contribution in [0, 0.1) is 5.41 Å². The number of hydrogen-bond donors (Lipinski definition) is 0. The van der Waals surface area contributed by atoms with Crippen molar-refractivity contribution in [1.29, 1.82) is 0 Å². The number of carbonyl (C=O) groups excluding carboxylic acids is 2. The molecule has 2 amide bonds. The number of nitrogens with zero attached hydrogens (tertiary/aromatic N) is 1. The van der Waals surface area contributed by atoms with Crippen LogP contribution in [-0.4, -0.2) is 11.8 Å². The smallest absolute Gasteiger partial charge is 0.596 e. The van der Waals surface area contributed by atoms with E-state index in [1.807, 2.05) is 13.8 Å². The van der Waals surface area contributed by atoms with Crippen molar-refractivity contribution in [2.24, 2.45) is 5.41 Å².